The molecule has 0 saturated carbocycles. The van der Waals surface area contributed by atoms with Gasteiger partial charge in [0.2, 0.25) is 5.91 Å². The van der Waals surface area contributed by atoms with Crippen molar-refractivity contribution in [2.24, 2.45) is 5.41 Å². The molecule has 0 aromatic heterocycles. The van der Waals surface area contributed by atoms with Crippen LogP contribution < -0.4 is 10.6 Å². The van der Waals surface area contributed by atoms with Crippen molar-refractivity contribution in [2.75, 3.05) is 5.32 Å². The van der Waals surface area contributed by atoms with E-state index in [-0.39, 0.29) is 17.3 Å². The highest BCUT2D eigenvalue weighted by Crippen LogP contribution is 2.18. The number of nitrogens with one attached hydrogen (secondary N) is 2. The predicted octanol–water partition coefficient (Wildman–Crippen LogP) is 4.62. The van der Waals surface area contributed by atoms with Crippen LogP contribution in [0.1, 0.15) is 26.3 Å². The summed E-state index contributed by atoms with van der Waals surface area (Å²) in [6.45, 7) is 5.20. The normalized spacial score (nSPS) is 11.8. The van der Waals surface area contributed by atoms with Crippen LogP contribution in [0.25, 0.3) is 6.08 Å². The standard InChI is InChI=1S/C20H20ClFN2O2/c1-20(2,3)19(26)24-17(12-13-8-10-14(21)11-9-13)18(25)23-16-7-5-4-6-15(16)22/h4-12H,1-3H3,(H,23,25)(H,24,26)/b17-12+. The maximum absolute atomic E-state index is 13.8. The first-order chi connectivity index (χ1) is 12.2. The largest absolute Gasteiger partial charge is 0.321 e. The van der Waals surface area contributed by atoms with Crippen LogP contribution in [0.2, 0.25) is 5.02 Å². The van der Waals surface area contributed by atoms with Gasteiger partial charge < -0.3 is 10.6 Å². The van der Waals surface area contributed by atoms with E-state index in [1.54, 1.807) is 51.1 Å². The molecule has 6 heteroatoms. The highest BCUT2D eigenvalue weighted by molar-refractivity contribution is 6.30. The lowest BCUT2D eigenvalue weighted by molar-refractivity contribution is -0.128. The summed E-state index contributed by atoms with van der Waals surface area (Å²) < 4.78 is 13.8. The summed E-state index contributed by atoms with van der Waals surface area (Å²) in [6, 6.07) is 12.6. The van der Waals surface area contributed by atoms with Gasteiger partial charge in [-0.25, -0.2) is 4.39 Å². The van der Waals surface area contributed by atoms with Crippen molar-refractivity contribution in [3.63, 3.8) is 0 Å². The van der Waals surface area contributed by atoms with E-state index in [0.29, 0.717) is 10.6 Å². The number of hydrogen-bond donors (Lipinski definition) is 2. The first-order valence-corrected chi connectivity index (χ1v) is 8.39. The molecule has 2 aromatic rings. The van der Waals surface area contributed by atoms with E-state index in [2.05, 4.69) is 10.6 Å². The highest BCUT2D eigenvalue weighted by atomic mass is 35.5. The Morgan fingerprint density at radius 1 is 1.04 bits per heavy atom. The van der Waals surface area contributed by atoms with Crippen molar-refractivity contribution < 1.29 is 14.0 Å². The fourth-order valence-corrected chi connectivity index (χ4v) is 2.07. The van der Waals surface area contributed by atoms with Gasteiger partial charge in [-0.3, -0.25) is 9.59 Å². The summed E-state index contributed by atoms with van der Waals surface area (Å²) in [5.41, 5.74) is 0.0134. The summed E-state index contributed by atoms with van der Waals surface area (Å²) in [5, 5.41) is 5.64. The molecule has 0 spiro atoms. The predicted molar refractivity (Wildman–Crippen MR) is 102 cm³/mol. The number of carbonyl (C=O) groups excluding carboxylic acids is 2. The minimum atomic E-state index is -0.697. The Labute approximate surface area is 157 Å². The number of para-hydroxylation sites is 1. The molecule has 26 heavy (non-hydrogen) atoms. The summed E-state index contributed by atoms with van der Waals surface area (Å²) in [5.74, 6) is -1.52. The molecule has 0 saturated heterocycles. The Hall–Kier alpha value is -2.66. The van der Waals surface area contributed by atoms with Gasteiger partial charge in [-0.2, -0.15) is 0 Å². The zero-order valence-electron chi connectivity index (χ0n) is 14.8. The van der Waals surface area contributed by atoms with Crippen LogP contribution in [0, 0.1) is 11.2 Å². The zero-order chi connectivity index (χ0) is 19.3. The number of rotatable bonds is 4. The molecule has 0 radical (unpaired) electrons. The number of benzene rings is 2. The first kappa shape index (κ1) is 19.7. The average Bonchev–Trinajstić information content (AvgIpc) is 2.57. The van der Waals surface area contributed by atoms with E-state index in [1.165, 1.54) is 24.3 Å². The summed E-state index contributed by atoms with van der Waals surface area (Å²) in [4.78, 5) is 24.9. The number of hydrogen-bond acceptors (Lipinski definition) is 2. The molecular formula is C20H20ClFN2O2. The first-order valence-electron chi connectivity index (χ1n) is 8.01. The van der Waals surface area contributed by atoms with E-state index in [4.69, 9.17) is 11.6 Å². The van der Waals surface area contributed by atoms with Crippen LogP contribution in [0.4, 0.5) is 10.1 Å². The highest BCUT2D eigenvalue weighted by Gasteiger charge is 2.24. The fourth-order valence-electron chi connectivity index (χ4n) is 1.95. The third-order valence-electron chi connectivity index (χ3n) is 3.48. The van der Waals surface area contributed by atoms with E-state index >= 15 is 0 Å². The summed E-state index contributed by atoms with van der Waals surface area (Å²) in [7, 11) is 0. The molecular weight excluding hydrogens is 355 g/mol. The lowest BCUT2D eigenvalue weighted by Gasteiger charge is -2.19. The molecule has 4 nitrogen and oxygen atoms in total. The molecule has 2 rings (SSSR count). The van der Waals surface area contributed by atoms with E-state index in [1.807, 2.05) is 0 Å². The van der Waals surface area contributed by atoms with Crippen LogP contribution in [0.5, 0.6) is 0 Å². The Morgan fingerprint density at radius 3 is 2.23 bits per heavy atom. The Bertz CT molecular complexity index is 840. The lowest BCUT2D eigenvalue weighted by atomic mass is 9.95. The fraction of sp³-hybridized carbons (Fsp3) is 0.200. The average molecular weight is 375 g/mol. The molecule has 2 amide bonds. The summed E-state index contributed by atoms with van der Waals surface area (Å²) >= 11 is 5.87. The van der Waals surface area contributed by atoms with Crippen molar-refractivity contribution in [3.8, 4) is 0 Å². The smallest absolute Gasteiger partial charge is 0.272 e. The van der Waals surface area contributed by atoms with E-state index in [9.17, 15) is 14.0 Å². The van der Waals surface area contributed by atoms with Crippen LogP contribution in [-0.4, -0.2) is 11.8 Å². The van der Waals surface area contributed by atoms with Crippen molar-refractivity contribution in [2.45, 2.75) is 20.8 Å². The molecule has 0 aliphatic heterocycles. The van der Waals surface area contributed by atoms with Crippen LogP contribution >= 0.6 is 11.6 Å². The van der Waals surface area contributed by atoms with Crippen molar-refractivity contribution in [3.05, 3.63) is 70.6 Å². The van der Waals surface area contributed by atoms with Gasteiger partial charge >= 0.3 is 0 Å². The maximum atomic E-state index is 13.8. The van der Waals surface area contributed by atoms with Crippen molar-refractivity contribution >= 4 is 35.2 Å². The van der Waals surface area contributed by atoms with Crippen molar-refractivity contribution in [1.82, 2.24) is 5.32 Å². The molecule has 0 fully saturated rings. The van der Waals surface area contributed by atoms with Crippen LogP contribution in [0.15, 0.2) is 54.2 Å². The molecule has 0 aliphatic carbocycles. The molecule has 0 bridgehead atoms. The quantitative estimate of drug-likeness (QED) is 0.767. The molecule has 2 N–H and O–H groups in total. The SMILES string of the molecule is CC(C)(C)C(=O)N/C(=C/c1ccc(Cl)cc1)C(=O)Nc1ccccc1F. The molecule has 0 unspecified atom stereocenters. The Balaban J connectivity index is 2.33. The second-order valence-corrected chi connectivity index (χ2v) is 7.18. The van der Waals surface area contributed by atoms with E-state index < -0.39 is 17.1 Å². The molecule has 0 heterocycles. The Morgan fingerprint density at radius 2 is 1.65 bits per heavy atom. The third kappa shape index (κ3) is 5.43. The lowest BCUT2D eigenvalue weighted by Crippen LogP contribution is -2.38. The molecule has 136 valence electrons. The van der Waals surface area contributed by atoms with Crippen LogP contribution in [0.3, 0.4) is 0 Å². The van der Waals surface area contributed by atoms with Gasteiger partial charge in [-0.15, -0.1) is 0 Å². The number of carbonyl (C=O) groups is 2. The van der Waals surface area contributed by atoms with Crippen LogP contribution in [-0.2, 0) is 9.59 Å². The summed E-state index contributed by atoms with van der Waals surface area (Å²) in [6.07, 6.45) is 1.51. The topological polar surface area (TPSA) is 58.2 Å². The molecule has 2 aromatic carbocycles. The third-order valence-corrected chi connectivity index (χ3v) is 3.73. The number of amides is 2. The van der Waals surface area contributed by atoms with Gasteiger partial charge in [-0.05, 0) is 35.9 Å². The Kier molecular flexibility index (Phi) is 6.16. The van der Waals surface area contributed by atoms with Gasteiger partial charge in [0, 0.05) is 10.4 Å². The van der Waals surface area contributed by atoms with E-state index in [0.717, 1.165) is 0 Å². The van der Waals surface area contributed by atoms with Gasteiger partial charge in [0.1, 0.15) is 11.5 Å². The second-order valence-electron chi connectivity index (χ2n) is 6.75. The molecule has 0 aliphatic rings. The number of halogens is 2. The second kappa shape index (κ2) is 8.15. The van der Waals surface area contributed by atoms with Gasteiger partial charge in [0.05, 0.1) is 5.69 Å². The van der Waals surface area contributed by atoms with Gasteiger partial charge in [0.15, 0.2) is 0 Å². The minimum absolute atomic E-state index is 0.00972. The number of anilines is 1. The maximum Gasteiger partial charge on any atom is 0.272 e. The van der Waals surface area contributed by atoms with Gasteiger partial charge in [0.25, 0.3) is 5.91 Å². The monoisotopic (exact) mass is 374 g/mol. The zero-order valence-corrected chi connectivity index (χ0v) is 15.5. The van der Waals surface area contributed by atoms with Gasteiger partial charge in [-0.1, -0.05) is 56.6 Å². The van der Waals surface area contributed by atoms with Crippen molar-refractivity contribution in [1.29, 1.82) is 0 Å². The minimum Gasteiger partial charge on any atom is -0.321 e. The molecule has 0 atom stereocenters.